The Kier molecular flexibility index (Phi) is 7.24. The minimum absolute atomic E-state index is 0.224. The van der Waals surface area contributed by atoms with Crippen LogP contribution in [0.1, 0.15) is 26.2 Å². The van der Waals surface area contributed by atoms with Crippen molar-refractivity contribution in [2.45, 2.75) is 42.1 Å². The van der Waals surface area contributed by atoms with Gasteiger partial charge in [-0.15, -0.1) is 0 Å². The molecule has 1 saturated carbocycles. The zero-order valence-electron chi connectivity index (χ0n) is 13.6. The van der Waals surface area contributed by atoms with Gasteiger partial charge in [0.25, 0.3) is 0 Å². The Morgan fingerprint density at radius 2 is 1.73 bits per heavy atom. The van der Waals surface area contributed by atoms with Gasteiger partial charge in [0, 0.05) is 5.25 Å². The highest BCUT2D eigenvalue weighted by molar-refractivity contribution is 8.62. The van der Waals surface area contributed by atoms with E-state index in [-0.39, 0.29) is 5.92 Å². The van der Waals surface area contributed by atoms with Crippen LogP contribution in [-0.2, 0) is 16.3 Å². The van der Waals surface area contributed by atoms with Crippen LogP contribution >= 0.6 is 30.1 Å². The molecule has 0 heterocycles. The predicted octanol–water partition coefficient (Wildman–Crippen LogP) is 5.33. The number of rotatable bonds is 5. The SMILES string of the molecule is C=C(C)[C@H]1CC[C@@](N)(O[PH](=S)Sc2c(F)c(F)c(F)c(F)c2F)[C@H](S)C1. The third-order valence-electron chi connectivity index (χ3n) is 4.28. The first-order chi connectivity index (χ1) is 12.0. The molecule has 1 fully saturated rings. The maximum absolute atomic E-state index is 13.8. The van der Waals surface area contributed by atoms with Crippen molar-refractivity contribution < 1.29 is 26.5 Å². The Bertz CT molecular complexity index is 736. The van der Waals surface area contributed by atoms with E-state index >= 15 is 0 Å². The van der Waals surface area contributed by atoms with E-state index in [1.54, 1.807) is 0 Å². The first-order valence-corrected chi connectivity index (χ1v) is 12.1. The van der Waals surface area contributed by atoms with Gasteiger partial charge in [0.05, 0.1) is 4.90 Å². The van der Waals surface area contributed by atoms with Gasteiger partial charge in [0.15, 0.2) is 23.3 Å². The first-order valence-electron chi connectivity index (χ1n) is 7.52. The van der Waals surface area contributed by atoms with Crippen LogP contribution in [0.4, 0.5) is 22.0 Å². The van der Waals surface area contributed by atoms with Gasteiger partial charge in [-0.3, -0.25) is 0 Å². The van der Waals surface area contributed by atoms with Crippen LogP contribution in [0, 0.1) is 35.0 Å². The Hall–Kier alpha value is -0.120. The van der Waals surface area contributed by atoms with E-state index in [1.807, 2.05) is 6.92 Å². The van der Waals surface area contributed by atoms with Crippen molar-refractivity contribution in [2.75, 3.05) is 0 Å². The molecule has 0 bridgehead atoms. The Morgan fingerprint density at radius 3 is 2.19 bits per heavy atom. The minimum atomic E-state index is -2.49. The third kappa shape index (κ3) is 4.47. The Balaban J connectivity index is 2.16. The van der Waals surface area contributed by atoms with Gasteiger partial charge >= 0.3 is 0 Å². The summed E-state index contributed by atoms with van der Waals surface area (Å²) in [5.74, 6) is -9.89. The average molecular weight is 449 g/mol. The molecule has 146 valence electrons. The van der Waals surface area contributed by atoms with Gasteiger partial charge < -0.3 is 10.3 Å². The largest absolute Gasteiger partial charge is 0.321 e. The number of nitrogens with two attached hydrogens (primary N) is 1. The summed E-state index contributed by atoms with van der Waals surface area (Å²) in [6.45, 7) is 5.80. The fourth-order valence-electron chi connectivity index (χ4n) is 2.65. The maximum Gasteiger partial charge on any atom is 0.200 e. The molecule has 0 aliphatic heterocycles. The van der Waals surface area contributed by atoms with Crippen LogP contribution in [0.25, 0.3) is 0 Å². The molecule has 2 nitrogen and oxygen atoms in total. The molecule has 1 aromatic carbocycles. The molecular weight excluding hydrogens is 432 g/mol. The lowest BCUT2D eigenvalue weighted by atomic mass is 9.80. The van der Waals surface area contributed by atoms with E-state index in [0.717, 1.165) is 5.57 Å². The summed E-state index contributed by atoms with van der Waals surface area (Å²) in [6, 6.07) is 0. The molecule has 4 atom stereocenters. The average Bonchev–Trinajstić information content (AvgIpc) is 2.57. The smallest absolute Gasteiger partial charge is 0.200 e. The zero-order chi connectivity index (χ0) is 19.8. The number of hydrogen-bond acceptors (Lipinski definition) is 5. The molecule has 26 heavy (non-hydrogen) atoms. The number of thiol groups is 1. The van der Waals surface area contributed by atoms with Crippen LogP contribution in [0.3, 0.4) is 0 Å². The summed E-state index contributed by atoms with van der Waals surface area (Å²) >= 11 is 9.82. The van der Waals surface area contributed by atoms with Crippen molar-refractivity contribution in [1.29, 1.82) is 0 Å². The molecule has 0 spiro atoms. The summed E-state index contributed by atoms with van der Waals surface area (Å²) in [5, 5.41) is -0.405. The van der Waals surface area contributed by atoms with E-state index in [0.29, 0.717) is 30.6 Å². The molecule has 1 aromatic rings. The van der Waals surface area contributed by atoms with Gasteiger partial charge in [-0.05, 0) is 32.1 Å². The standard InChI is InChI=1S/C15H17F5NOPS3/c1-6(2)7-3-4-15(21,8(24)5-7)22-23(25)26-14-12(19)10(17)9(16)11(18)13(14)20/h7-8,23-24H,1,3-5,21H2,2H3/t7-,8+,15+/m0/s1. The highest BCUT2D eigenvalue weighted by atomic mass is 32.9. The van der Waals surface area contributed by atoms with Gasteiger partial charge in [-0.25, -0.2) is 22.0 Å². The predicted molar refractivity (Wildman–Crippen MR) is 101 cm³/mol. The van der Waals surface area contributed by atoms with Crippen LogP contribution in [0.2, 0.25) is 0 Å². The number of benzene rings is 1. The van der Waals surface area contributed by atoms with Gasteiger partial charge in [0.1, 0.15) is 11.9 Å². The second-order valence-corrected chi connectivity index (χ2v) is 11.7. The molecule has 1 aliphatic rings. The van der Waals surface area contributed by atoms with Crippen molar-refractivity contribution in [2.24, 2.45) is 11.7 Å². The zero-order valence-corrected chi connectivity index (χ0v) is 17.1. The molecule has 1 aliphatic carbocycles. The van der Waals surface area contributed by atoms with E-state index in [9.17, 15) is 22.0 Å². The second-order valence-electron chi connectivity index (χ2n) is 6.14. The monoisotopic (exact) mass is 449 g/mol. The van der Waals surface area contributed by atoms with Crippen molar-refractivity contribution in [3.8, 4) is 0 Å². The molecular formula is C15H17F5NOPS3. The van der Waals surface area contributed by atoms with Crippen LogP contribution in [0.5, 0.6) is 0 Å². The van der Waals surface area contributed by atoms with Crippen molar-refractivity contribution in [3.05, 3.63) is 41.2 Å². The molecule has 2 N–H and O–H groups in total. The molecule has 11 heteroatoms. The van der Waals surface area contributed by atoms with Crippen molar-refractivity contribution in [1.82, 2.24) is 0 Å². The van der Waals surface area contributed by atoms with E-state index in [1.165, 1.54) is 0 Å². The number of hydrogen-bond donors (Lipinski definition) is 2. The lowest BCUT2D eigenvalue weighted by Crippen LogP contribution is -2.52. The van der Waals surface area contributed by atoms with Crippen molar-refractivity contribution >= 4 is 41.9 Å². The highest BCUT2D eigenvalue weighted by Crippen LogP contribution is 2.52. The quantitative estimate of drug-likeness (QED) is 0.121. The normalized spacial score (nSPS) is 27.4. The fraction of sp³-hybridized carbons (Fsp3) is 0.467. The number of allylic oxidation sites excluding steroid dienone is 1. The molecule has 0 aromatic heterocycles. The van der Waals surface area contributed by atoms with E-state index in [4.69, 9.17) is 22.1 Å². The lowest BCUT2D eigenvalue weighted by Gasteiger charge is -2.42. The van der Waals surface area contributed by atoms with Gasteiger partial charge in [-0.2, -0.15) is 12.6 Å². The third-order valence-corrected chi connectivity index (χ3v) is 8.57. The van der Waals surface area contributed by atoms with E-state index in [2.05, 4.69) is 19.2 Å². The Morgan fingerprint density at radius 1 is 1.23 bits per heavy atom. The molecule has 0 radical (unpaired) electrons. The van der Waals surface area contributed by atoms with Crippen LogP contribution in [0.15, 0.2) is 17.0 Å². The highest BCUT2D eigenvalue weighted by Gasteiger charge is 2.41. The Labute approximate surface area is 163 Å². The van der Waals surface area contributed by atoms with Crippen molar-refractivity contribution in [3.63, 3.8) is 0 Å². The summed E-state index contributed by atoms with van der Waals surface area (Å²) in [4.78, 5) is -1.06. The number of halogens is 5. The molecule has 0 amide bonds. The molecule has 2 rings (SSSR count). The topological polar surface area (TPSA) is 35.2 Å². The maximum atomic E-state index is 13.8. The van der Waals surface area contributed by atoms with Crippen LogP contribution in [-0.4, -0.2) is 11.0 Å². The molecule has 0 saturated heterocycles. The molecule has 1 unspecified atom stereocenters. The van der Waals surface area contributed by atoms with Gasteiger partial charge in [-0.1, -0.05) is 35.3 Å². The van der Waals surface area contributed by atoms with Gasteiger partial charge in [0.2, 0.25) is 5.82 Å². The van der Waals surface area contributed by atoms with Crippen LogP contribution < -0.4 is 5.73 Å². The lowest BCUT2D eigenvalue weighted by molar-refractivity contribution is 0.0514. The first kappa shape index (κ1) is 22.2. The van der Waals surface area contributed by atoms with E-state index < -0.39 is 51.1 Å². The summed E-state index contributed by atoms with van der Waals surface area (Å²) in [5.41, 5.74) is 5.96. The summed E-state index contributed by atoms with van der Waals surface area (Å²) in [6.07, 6.45) is -0.829. The fourth-order valence-corrected chi connectivity index (χ4v) is 7.15. The second kappa shape index (κ2) is 8.49. The minimum Gasteiger partial charge on any atom is -0.321 e. The summed E-state index contributed by atoms with van der Waals surface area (Å²) in [7, 11) is 0. The summed E-state index contributed by atoms with van der Waals surface area (Å²) < 4.78 is 72.8.